The molecule has 0 amide bonds. The minimum Gasteiger partial charge on any atom is -0.495 e. The van der Waals surface area contributed by atoms with Crippen molar-refractivity contribution in [3.8, 4) is 0 Å². The molecule has 0 heterocycles. The third-order valence-electron chi connectivity index (χ3n) is 0.879. The molecule has 0 fully saturated rings. The van der Waals surface area contributed by atoms with Crippen LogP contribution < -0.4 is 5.73 Å². The molecule has 0 aromatic heterocycles. The number of hydrogen-bond acceptors (Lipinski definition) is 2. The molecule has 0 rings (SSSR count). The molecule has 2 N–H and O–H groups in total. The van der Waals surface area contributed by atoms with Gasteiger partial charge in [0.2, 0.25) is 0 Å². The Bertz CT molecular complexity index is 116. The van der Waals surface area contributed by atoms with Gasteiger partial charge >= 0.3 is 0 Å². The molecule has 0 aliphatic rings. The summed E-state index contributed by atoms with van der Waals surface area (Å²) >= 11 is 0. The molecule has 0 unspecified atom stereocenters. The van der Waals surface area contributed by atoms with Crippen molar-refractivity contribution >= 4 is 0 Å². The fourth-order valence-corrected chi connectivity index (χ4v) is 0.279. The molecule has 0 atom stereocenters. The lowest BCUT2D eigenvalue weighted by Gasteiger charge is -2.00. The lowest BCUT2D eigenvalue weighted by Crippen LogP contribution is -2.00. The summed E-state index contributed by atoms with van der Waals surface area (Å²) in [4.78, 5) is 0. The molecule has 0 aromatic carbocycles. The van der Waals surface area contributed by atoms with E-state index in [9.17, 15) is 0 Å². The number of nitrogens with two attached hydrogens (primary N) is 1. The van der Waals surface area contributed by atoms with Crippen molar-refractivity contribution in [2.24, 2.45) is 5.73 Å². The zero-order valence-corrected chi connectivity index (χ0v) is 5.27. The molecule has 0 aliphatic heterocycles. The maximum atomic E-state index is 5.36. The van der Waals surface area contributed by atoms with Gasteiger partial charge < -0.3 is 10.5 Å². The van der Waals surface area contributed by atoms with Gasteiger partial charge in [0.15, 0.2) is 0 Å². The standard InChI is InChI=1S/C6H11NO/c1-4-6(7)5(2)8-3/h4H,2,7H2,1,3H3/b6-4-. The molecule has 2 nitrogen and oxygen atoms in total. The Morgan fingerprint density at radius 2 is 2.25 bits per heavy atom. The summed E-state index contributed by atoms with van der Waals surface area (Å²) in [6, 6.07) is 0. The Labute approximate surface area is 49.6 Å². The van der Waals surface area contributed by atoms with Crippen molar-refractivity contribution in [3.05, 3.63) is 24.1 Å². The quantitative estimate of drug-likeness (QED) is 0.428. The fraction of sp³-hybridized carbons (Fsp3) is 0.333. The first kappa shape index (κ1) is 7.08. The van der Waals surface area contributed by atoms with E-state index in [-0.39, 0.29) is 0 Å². The van der Waals surface area contributed by atoms with Crippen LogP contribution in [0.3, 0.4) is 0 Å². The summed E-state index contributed by atoms with van der Waals surface area (Å²) in [5.74, 6) is 0.521. The predicted molar refractivity (Wildman–Crippen MR) is 34.1 cm³/mol. The molecular formula is C6H11NO. The van der Waals surface area contributed by atoms with Gasteiger partial charge in [-0.3, -0.25) is 0 Å². The minimum absolute atomic E-state index is 0.521. The van der Waals surface area contributed by atoms with Crippen LogP contribution in [0.15, 0.2) is 24.1 Å². The van der Waals surface area contributed by atoms with Crippen molar-refractivity contribution in [2.45, 2.75) is 6.92 Å². The Morgan fingerprint density at radius 1 is 1.75 bits per heavy atom. The Morgan fingerprint density at radius 3 is 2.38 bits per heavy atom. The summed E-state index contributed by atoms with van der Waals surface area (Å²) in [5, 5.41) is 0. The van der Waals surface area contributed by atoms with Gasteiger partial charge in [0.05, 0.1) is 12.8 Å². The van der Waals surface area contributed by atoms with Gasteiger partial charge in [-0.15, -0.1) is 0 Å². The summed E-state index contributed by atoms with van der Waals surface area (Å²) in [6.45, 7) is 5.36. The SMILES string of the molecule is C=C(OC)/C(N)=C/C. The van der Waals surface area contributed by atoms with Gasteiger partial charge in [-0.05, 0) is 6.92 Å². The summed E-state index contributed by atoms with van der Waals surface area (Å²) < 4.78 is 4.72. The average molecular weight is 113 g/mol. The lowest BCUT2D eigenvalue weighted by molar-refractivity contribution is 0.302. The molecule has 2 heteroatoms. The molecule has 46 valence electrons. The van der Waals surface area contributed by atoms with Crippen molar-refractivity contribution in [1.29, 1.82) is 0 Å². The van der Waals surface area contributed by atoms with E-state index in [0.717, 1.165) is 0 Å². The molecule has 0 aliphatic carbocycles. The maximum Gasteiger partial charge on any atom is 0.134 e. The zero-order chi connectivity index (χ0) is 6.57. The molecule has 0 aromatic rings. The van der Waals surface area contributed by atoms with Crippen LogP contribution in [0, 0.1) is 0 Å². The summed E-state index contributed by atoms with van der Waals surface area (Å²) in [5.41, 5.74) is 5.95. The molecule has 8 heavy (non-hydrogen) atoms. The van der Waals surface area contributed by atoms with E-state index < -0.39 is 0 Å². The van der Waals surface area contributed by atoms with Gasteiger partial charge in [-0.1, -0.05) is 12.7 Å². The third-order valence-corrected chi connectivity index (χ3v) is 0.879. The Balaban J connectivity index is 3.83. The van der Waals surface area contributed by atoms with Gasteiger partial charge in [-0.2, -0.15) is 0 Å². The van der Waals surface area contributed by atoms with E-state index >= 15 is 0 Å². The second-order valence-electron chi connectivity index (χ2n) is 1.37. The highest BCUT2D eigenvalue weighted by Crippen LogP contribution is 1.98. The first-order valence-corrected chi connectivity index (χ1v) is 2.37. The van der Waals surface area contributed by atoms with E-state index in [0.29, 0.717) is 11.5 Å². The molecular weight excluding hydrogens is 102 g/mol. The number of hydrogen-bond donors (Lipinski definition) is 1. The van der Waals surface area contributed by atoms with Crippen molar-refractivity contribution < 1.29 is 4.74 Å². The minimum atomic E-state index is 0.521. The van der Waals surface area contributed by atoms with E-state index in [1.54, 1.807) is 13.2 Å². The number of ether oxygens (including phenoxy) is 1. The van der Waals surface area contributed by atoms with Crippen molar-refractivity contribution in [2.75, 3.05) is 7.11 Å². The van der Waals surface area contributed by atoms with Crippen LogP contribution in [0.25, 0.3) is 0 Å². The highest BCUT2D eigenvalue weighted by Gasteiger charge is 1.90. The smallest absolute Gasteiger partial charge is 0.134 e. The van der Waals surface area contributed by atoms with E-state index in [4.69, 9.17) is 10.5 Å². The van der Waals surface area contributed by atoms with E-state index in [1.807, 2.05) is 6.92 Å². The second-order valence-corrected chi connectivity index (χ2v) is 1.37. The third kappa shape index (κ3) is 1.69. The lowest BCUT2D eigenvalue weighted by atomic mass is 10.4. The molecule has 0 radical (unpaired) electrons. The molecule has 0 spiro atoms. The molecule has 0 bridgehead atoms. The molecule has 0 saturated heterocycles. The Kier molecular flexibility index (Phi) is 2.77. The number of rotatable bonds is 2. The van der Waals surface area contributed by atoms with E-state index in [2.05, 4.69) is 6.58 Å². The second kappa shape index (κ2) is 3.13. The van der Waals surface area contributed by atoms with Crippen molar-refractivity contribution in [1.82, 2.24) is 0 Å². The number of allylic oxidation sites excluding steroid dienone is 1. The first-order valence-electron chi connectivity index (χ1n) is 2.37. The molecule has 0 saturated carbocycles. The predicted octanol–water partition coefficient (Wildman–Crippen LogP) is 1.01. The van der Waals surface area contributed by atoms with Gasteiger partial charge in [-0.25, -0.2) is 0 Å². The van der Waals surface area contributed by atoms with Crippen LogP contribution in [-0.4, -0.2) is 7.11 Å². The monoisotopic (exact) mass is 113 g/mol. The van der Waals surface area contributed by atoms with Crippen LogP contribution in [0.4, 0.5) is 0 Å². The summed E-state index contributed by atoms with van der Waals surface area (Å²) in [6.07, 6.45) is 1.74. The number of methoxy groups -OCH3 is 1. The normalized spacial score (nSPS) is 11.0. The highest BCUT2D eigenvalue weighted by molar-refractivity contribution is 5.17. The summed E-state index contributed by atoms with van der Waals surface area (Å²) in [7, 11) is 1.54. The van der Waals surface area contributed by atoms with Gasteiger partial charge in [0, 0.05) is 0 Å². The van der Waals surface area contributed by atoms with Crippen LogP contribution in [0.2, 0.25) is 0 Å². The van der Waals surface area contributed by atoms with Crippen LogP contribution in [0.5, 0.6) is 0 Å². The first-order chi connectivity index (χ1) is 3.72. The van der Waals surface area contributed by atoms with Crippen LogP contribution in [-0.2, 0) is 4.74 Å². The van der Waals surface area contributed by atoms with Crippen LogP contribution >= 0.6 is 0 Å². The maximum absolute atomic E-state index is 5.36. The Hall–Kier alpha value is -0.920. The van der Waals surface area contributed by atoms with Crippen LogP contribution in [0.1, 0.15) is 6.92 Å². The highest BCUT2D eigenvalue weighted by atomic mass is 16.5. The van der Waals surface area contributed by atoms with Gasteiger partial charge in [0.1, 0.15) is 5.76 Å². The van der Waals surface area contributed by atoms with Crippen molar-refractivity contribution in [3.63, 3.8) is 0 Å². The average Bonchev–Trinajstić information content (AvgIpc) is 1.84. The largest absolute Gasteiger partial charge is 0.495 e. The zero-order valence-electron chi connectivity index (χ0n) is 5.27. The topological polar surface area (TPSA) is 35.2 Å². The fourth-order valence-electron chi connectivity index (χ4n) is 0.279. The van der Waals surface area contributed by atoms with Gasteiger partial charge in [0.25, 0.3) is 0 Å². The van der Waals surface area contributed by atoms with E-state index in [1.165, 1.54) is 0 Å².